The first-order valence-electron chi connectivity index (χ1n) is 6.94. The minimum Gasteiger partial charge on any atom is -0.354 e. The van der Waals surface area contributed by atoms with Gasteiger partial charge in [-0.1, -0.05) is 6.92 Å². The van der Waals surface area contributed by atoms with Gasteiger partial charge in [-0.25, -0.2) is 4.98 Å². The summed E-state index contributed by atoms with van der Waals surface area (Å²) < 4.78 is 1.53. The summed E-state index contributed by atoms with van der Waals surface area (Å²) in [5.41, 5.74) is 0. The molecule has 0 bridgehead atoms. The summed E-state index contributed by atoms with van der Waals surface area (Å²) in [5.74, 6) is 2.37. The molecule has 1 aliphatic rings. The van der Waals surface area contributed by atoms with Crippen molar-refractivity contribution in [3.63, 3.8) is 0 Å². The Balaban J connectivity index is 1.81. The zero-order chi connectivity index (χ0) is 13.8. The number of anilines is 2. The lowest BCUT2D eigenvalue weighted by Gasteiger charge is -2.09. The van der Waals surface area contributed by atoms with Gasteiger partial charge in [-0.15, -0.1) is 0 Å². The van der Waals surface area contributed by atoms with Crippen LogP contribution in [0.1, 0.15) is 26.2 Å². The molecule has 1 aliphatic carbocycles. The van der Waals surface area contributed by atoms with Gasteiger partial charge in [0.15, 0.2) is 0 Å². The Kier molecular flexibility index (Phi) is 3.71. The van der Waals surface area contributed by atoms with Crippen molar-refractivity contribution in [1.29, 1.82) is 0 Å². The molecule has 0 aliphatic heterocycles. The molecule has 0 spiro atoms. The Morgan fingerprint density at radius 3 is 2.65 bits per heavy atom. The third kappa shape index (κ3) is 3.19. The molecule has 3 rings (SSSR count). The summed E-state index contributed by atoms with van der Waals surface area (Å²) in [6.07, 6.45) is 6.61. The van der Waals surface area contributed by atoms with Crippen molar-refractivity contribution >= 4 is 11.9 Å². The van der Waals surface area contributed by atoms with Crippen molar-refractivity contribution < 1.29 is 0 Å². The van der Waals surface area contributed by atoms with Gasteiger partial charge in [-0.3, -0.25) is 0 Å². The van der Waals surface area contributed by atoms with E-state index in [4.69, 9.17) is 0 Å². The van der Waals surface area contributed by atoms with Crippen molar-refractivity contribution in [3.05, 3.63) is 12.7 Å². The predicted octanol–water partition coefficient (Wildman–Crippen LogP) is 1.10. The van der Waals surface area contributed by atoms with Gasteiger partial charge in [-0.05, 0) is 25.2 Å². The molecule has 2 N–H and O–H groups in total. The van der Waals surface area contributed by atoms with E-state index in [9.17, 15) is 0 Å². The monoisotopic (exact) mass is 274 g/mol. The smallest absolute Gasteiger partial charge is 0.258 e. The van der Waals surface area contributed by atoms with Crippen molar-refractivity contribution in [3.8, 4) is 5.95 Å². The number of hydrogen-bond donors (Lipinski definition) is 2. The summed E-state index contributed by atoms with van der Waals surface area (Å²) in [6, 6.07) is 0. The first kappa shape index (κ1) is 12.8. The summed E-state index contributed by atoms with van der Waals surface area (Å²) >= 11 is 0. The average molecular weight is 274 g/mol. The van der Waals surface area contributed by atoms with E-state index in [0.717, 1.165) is 25.4 Å². The lowest BCUT2D eigenvalue weighted by atomic mass is 10.4. The fourth-order valence-corrected chi connectivity index (χ4v) is 1.73. The van der Waals surface area contributed by atoms with Crippen molar-refractivity contribution in [2.45, 2.75) is 26.2 Å². The van der Waals surface area contributed by atoms with Crippen molar-refractivity contribution in [2.24, 2.45) is 5.92 Å². The summed E-state index contributed by atoms with van der Waals surface area (Å²) in [5, 5.41) is 10.5. The minimum atomic E-state index is 0.467. The normalized spacial score (nSPS) is 14.2. The van der Waals surface area contributed by atoms with E-state index in [1.165, 1.54) is 23.9 Å². The standard InChI is InChI=1S/C12H18N8/c1-2-5-14-10-17-11(15-6-9-3-4-9)19-12(18-10)20-8-13-7-16-20/h7-9H,2-6H2,1H3,(H2,14,15,17,18,19). The fourth-order valence-electron chi connectivity index (χ4n) is 1.73. The zero-order valence-corrected chi connectivity index (χ0v) is 11.5. The average Bonchev–Trinajstić information content (AvgIpc) is 3.14. The molecule has 0 unspecified atom stereocenters. The van der Waals surface area contributed by atoms with Crippen LogP contribution in [0, 0.1) is 5.92 Å². The molecule has 8 heteroatoms. The topological polar surface area (TPSA) is 93.4 Å². The maximum atomic E-state index is 4.37. The van der Waals surface area contributed by atoms with Gasteiger partial charge in [0.05, 0.1) is 0 Å². The number of rotatable bonds is 7. The highest BCUT2D eigenvalue weighted by molar-refractivity contribution is 5.37. The summed E-state index contributed by atoms with van der Waals surface area (Å²) in [4.78, 5) is 17.0. The molecule has 106 valence electrons. The zero-order valence-electron chi connectivity index (χ0n) is 11.5. The number of hydrogen-bond acceptors (Lipinski definition) is 7. The van der Waals surface area contributed by atoms with Gasteiger partial charge in [0.25, 0.3) is 5.95 Å². The fraction of sp³-hybridized carbons (Fsp3) is 0.583. The van der Waals surface area contributed by atoms with E-state index in [0.29, 0.717) is 17.8 Å². The molecule has 0 radical (unpaired) electrons. The molecule has 1 fully saturated rings. The molecular weight excluding hydrogens is 256 g/mol. The molecule has 2 heterocycles. The summed E-state index contributed by atoms with van der Waals surface area (Å²) in [6.45, 7) is 3.83. The lowest BCUT2D eigenvalue weighted by molar-refractivity contribution is 0.786. The Labute approximate surface area is 117 Å². The predicted molar refractivity (Wildman–Crippen MR) is 74.7 cm³/mol. The van der Waals surface area contributed by atoms with E-state index >= 15 is 0 Å². The molecule has 0 saturated heterocycles. The van der Waals surface area contributed by atoms with Crippen LogP contribution in [0.3, 0.4) is 0 Å². The maximum absolute atomic E-state index is 4.37. The number of nitrogens with zero attached hydrogens (tertiary/aromatic N) is 6. The Morgan fingerprint density at radius 2 is 2.00 bits per heavy atom. The van der Waals surface area contributed by atoms with Crippen LogP contribution in [0.5, 0.6) is 0 Å². The van der Waals surface area contributed by atoms with Crippen LogP contribution in [0.25, 0.3) is 5.95 Å². The minimum absolute atomic E-state index is 0.467. The van der Waals surface area contributed by atoms with Crippen LogP contribution in [0.4, 0.5) is 11.9 Å². The molecule has 0 atom stereocenters. The molecular formula is C12H18N8. The maximum Gasteiger partial charge on any atom is 0.258 e. The highest BCUT2D eigenvalue weighted by Gasteiger charge is 2.21. The van der Waals surface area contributed by atoms with Crippen LogP contribution < -0.4 is 10.6 Å². The van der Waals surface area contributed by atoms with Gasteiger partial charge in [0.1, 0.15) is 12.7 Å². The largest absolute Gasteiger partial charge is 0.354 e. The number of aromatic nitrogens is 6. The Morgan fingerprint density at radius 1 is 1.20 bits per heavy atom. The van der Waals surface area contributed by atoms with Crippen LogP contribution in [-0.2, 0) is 0 Å². The Hall–Kier alpha value is -2.25. The van der Waals surface area contributed by atoms with E-state index in [1.807, 2.05) is 0 Å². The third-order valence-electron chi connectivity index (χ3n) is 3.03. The molecule has 2 aromatic heterocycles. The van der Waals surface area contributed by atoms with Crippen LogP contribution in [-0.4, -0.2) is 42.8 Å². The molecule has 2 aromatic rings. The highest BCUT2D eigenvalue weighted by atomic mass is 15.4. The SMILES string of the molecule is CCCNc1nc(NCC2CC2)nc(-n2cncn2)n1. The Bertz CT molecular complexity index is 549. The van der Waals surface area contributed by atoms with Gasteiger partial charge >= 0.3 is 0 Å². The first-order chi connectivity index (χ1) is 9.85. The van der Waals surface area contributed by atoms with E-state index in [-0.39, 0.29) is 0 Å². The van der Waals surface area contributed by atoms with Crippen LogP contribution in [0.2, 0.25) is 0 Å². The van der Waals surface area contributed by atoms with E-state index in [2.05, 4.69) is 42.6 Å². The van der Waals surface area contributed by atoms with Crippen molar-refractivity contribution in [2.75, 3.05) is 23.7 Å². The van der Waals surface area contributed by atoms with Gasteiger partial charge in [-0.2, -0.15) is 24.7 Å². The molecule has 20 heavy (non-hydrogen) atoms. The quantitative estimate of drug-likeness (QED) is 0.780. The van der Waals surface area contributed by atoms with Crippen LogP contribution in [0.15, 0.2) is 12.7 Å². The molecule has 0 aromatic carbocycles. The summed E-state index contributed by atoms with van der Waals surface area (Å²) in [7, 11) is 0. The second-order valence-corrected chi connectivity index (χ2v) is 4.87. The first-order valence-corrected chi connectivity index (χ1v) is 6.94. The van der Waals surface area contributed by atoms with Crippen molar-refractivity contribution in [1.82, 2.24) is 29.7 Å². The molecule has 0 amide bonds. The number of nitrogens with one attached hydrogen (secondary N) is 2. The van der Waals surface area contributed by atoms with Gasteiger partial charge < -0.3 is 10.6 Å². The van der Waals surface area contributed by atoms with E-state index in [1.54, 1.807) is 6.33 Å². The third-order valence-corrected chi connectivity index (χ3v) is 3.03. The van der Waals surface area contributed by atoms with E-state index < -0.39 is 0 Å². The molecule has 8 nitrogen and oxygen atoms in total. The molecule has 1 saturated carbocycles. The lowest BCUT2D eigenvalue weighted by Crippen LogP contribution is -2.14. The second kappa shape index (κ2) is 5.81. The highest BCUT2D eigenvalue weighted by Crippen LogP contribution is 2.28. The van der Waals surface area contributed by atoms with Gasteiger partial charge in [0, 0.05) is 13.1 Å². The van der Waals surface area contributed by atoms with Gasteiger partial charge in [0.2, 0.25) is 11.9 Å². The van der Waals surface area contributed by atoms with Crippen LogP contribution >= 0.6 is 0 Å². The second-order valence-electron chi connectivity index (χ2n) is 4.87.